The highest BCUT2D eigenvalue weighted by Gasteiger charge is 2.14. The number of amides is 1. The molecule has 0 atom stereocenters. The van der Waals surface area contributed by atoms with Gasteiger partial charge in [0.15, 0.2) is 0 Å². The van der Waals surface area contributed by atoms with Crippen LogP contribution in [0, 0.1) is 11.3 Å². The van der Waals surface area contributed by atoms with Gasteiger partial charge in [0.25, 0.3) is 5.91 Å². The van der Waals surface area contributed by atoms with Crippen molar-refractivity contribution in [2.24, 2.45) is 0 Å². The molecule has 0 aliphatic carbocycles. The average molecular weight is 398 g/mol. The minimum absolute atomic E-state index is 0.0107. The Balaban J connectivity index is 2.09. The maximum absolute atomic E-state index is 12.2. The van der Waals surface area contributed by atoms with Crippen LogP contribution in [0.4, 0.5) is 5.69 Å². The van der Waals surface area contributed by atoms with Gasteiger partial charge in [-0.15, -0.1) is 0 Å². The van der Waals surface area contributed by atoms with Crippen LogP contribution < -0.4 is 10.0 Å². The first-order chi connectivity index (χ1) is 11.8. The number of hydrogen-bond donors (Lipinski definition) is 2. The Bertz CT molecular complexity index is 923. The molecule has 0 aliphatic heterocycles. The number of nitriles is 1. The minimum Gasteiger partial charge on any atom is -0.322 e. The fourth-order valence-electron chi connectivity index (χ4n) is 1.89. The summed E-state index contributed by atoms with van der Waals surface area (Å²) in [6, 6.07) is 11.9. The molecule has 9 heteroatoms. The number of nitrogens with one attached hydrogen (secondary N) is 2. The summed E-state index contributed by atoms with van der Waals surface area (Å²) in [5, 5.41) is 11.8. The van der Waals surface area contributed by atoms with Crippen LogP contribution in [0.25, 0.3) is 0 Å². The normalized spacial score (nSPS) is 10.9. The van der Waals surface area contributed by atoms with Crippen molar-refractivity contribution in [3.05, 3.63) is 58.1 Å². The highest BCUT2D eigenvalue weighted by Crippen LogP contribution is 2.25. The fourth-order valence-corrected chi connectivity index (χ4v) is 3.22. The maximum atomic E-state index is 12.2. The van der Waals surface area contributed by atoms with E-state index in [1.807, 2.05) is 6.07 Å². The lowest BCUT2D eigenvalue weighted by molar-refractivity contribution is 0.102. The van der Waals surface area contributed by atoms with E-state index in [1.165, 1.54) is 30.3 Å². The highest BCUT2D eigenvalue weighted by molar-refractivity contribution is 7.89. The number of carbonyl (C=O) groups is 1. The first-order valence-electron chi connectivity index (χ1n) is 7.06. The van der Waals surface area contributed by atoms with Crippen LogP contribution in [-0.2, 0) is 10.0 Å². The van der Waals surface area contributed by atoms with Crippen molar-refractivity contribution in [1.29, 1.82) is 5.26 Å². The van der Waals surface area contributed by atoms with Gasteiger partial charge in [-0.2, -0.15) is 5.26 Å². The molecule has 6 nitrogen and oxygen atoms in total. The van der Waals surface area contributed by atoms with Crippen LogP contribution in [0.15, 0.2) is 47.4 Å². The number of rotatable bonds is 6. The van der Waals surface area contributed by atoms with Gasteiger partial charge in [-0.1, -0.05) is 23.2 Å². The Morgan fingerprint density at radius 1 is 1.08 bits per heavy atom. The zero-order valence-corrected chi connectivity index (χ0v) is 15.1. The number of halogens is 2. The second-order valence-electron chi connectivity index (χ2n) is 4.91. The molecule has 1 amide bonds. The van der Waals surface area contributed by atoms with E-state index in [1.54, 1.807) is 12.1 Å². The number of carbonyl (C=O) groups excluding carboxylic acids is 1. The molecule has 0 bridgehead atoms. The summed E-state index contributed by atoms with van der Waals surface area (Å²) in [6.45, 7) is 0.0262. The number of sulfonamides is 1. The number of benzene rings is 2. The van der Waals surface area contributed by atoms with E-state index in [9.17, 15) is 13.2 Å². The van der Waals surface area contributed by atoms with E-state index < -0.39 is 15.9 Å². The largest absolute Gasteiger partial charge is 0.322 e. The molecular weight excluding hydrogens is 385 g/mol. The van der Waals surface area contributed by atoms with E-state index in [2.05, 4.69) is 10.0 Å². The molecule has 2 N–H and O–H groups in total. The Labute approximate surface area is 155 Å². The summed E-state index contributed by atoms with van der Waals surface area (Å²) < 4.78 is 26.3. The van der Waals surface area contributed by atoms with Crippen molar-refractivity contribution >= 4 is 44.8 Å². The molecule has 0 heterocycles. The van der Waals surface area contributed by atoms with Crippen LogP contribution in [0.2, 0.25) is 10.0 Å². The maximum Gasteiger partial charge on any atom is 0.255 e. The van der Waals surface area contributed by atoms with Gasteiger partial charge in [0.05, 0.1) is 21.0 Å². The van der Waals surface area contributed by atoms with Gasteiger partial charge in [0.1, 0.15) is 0 Å². The quantitative estimate of drug-likeness (QED) is 0.729. The average Bonchev–Trinajstić information content (AvgIpc) is 2.58. The fraction of sp³-hybridized carbons (Fsp3) is 0.125. The summed E-state index contributed by atoms with van der Waals surface area (Å²) in [5.41, 5.74) is 0.747. The molecule has 2 rings (SSSR count). The van der Waals surface area contributed by atoms with Crippen molar-refractivity contribution in [1.82, 2.24) is 4.72 Å². The van der Waals surface area contributed by atoms with Gasteiger partial charge >= 0.3 is 0 Å². The van der Waals surface area contributed by atoms with Crippen molar-refractivity contribution in [3.8, 4) is 6.07 Å². The zero-order chi connectivity index (χ0) is 18.4. The van der Waals surface area contributed by atoms with Gasteiger partial charge in [-0.3, -0.25) is 4.79 Å². The molecule has 0 fully saturated rings. The molecule has 0 aliphatic rings. The van der Waals surface area contributed by atoms with Gasteiger partial charge in [-0.05, 0) is 42.5 Å². The molecule has 0 radical (unpaired) electrons. The van der Waals surface area contributed by atoms with Crippen LogP contribution >= 0.6 is 23.2 Å². The summed E-state index contributed by atoms with van der Waals surface area (Å²) in [5.74, 6) is -0.417. The third kappa shape index (κ3) is 5.18. The van der Waals surface area contributed by atoms with Gasteiger partial charge in [0.2, 0.25) is 10.0 Å². The third-order valence-electron chi connectivity index (χ3n) is 3.13. The van der Waals surface area contributed by atoms with Crippen molar-refractivity contribution in [2.45, 2.75) is 11.3 Å². The Kier molecular flexibility index (Phi) is 6.39. The molecule has 2 aromatic rings. The van der Waals surface area contributed by atoms with E-state index in [0.29, 0.717) is 15.7 Å². The number of nitrogens with zero attached hydrogens (tertiary/aromatic N) is 1. The van der Waals surface area contributed by atoms with Crippen molar-refractivity contribution in [2.75, 3.05) is 11.9 Å². The highest BCUT2D eigenvalue weighted by atomic mass is 35.5. The van der Waals surface area contributed by atoms with Gasteiger partial charge in [-0.25, -0.2) is 13.1 Å². The van der Waals surface area contributed by atoms with Crippen LogP contribution in [0.3, 0.4) is 0 Å². The van der Waals surface area contributed by atoms with Crippen LogP contribution in [0.1, 0.15) is 16.8 Å². The second kappa shape index (κ2) is 8.32. The molecule has 0 saturated carbocycles. The van der Waals surface area contributed by atoms with Crippen LogP contribution in [0.5, 0.6) is 0 Å². The summed E-state index contributed by atoms with van der Waals surface area (Å²) in [4.78, 5) is 12.2. The predicted molar refractivity (Wildman–Crippen MR) is 96.3 cm³/mol. The Morgan fingerprint density at radius 3 is 2.36 bits per heavy atom. The third-order valence-corrected chi connectivity index (χ3v) is 5.35. The molecule has 130 valence electrons. The number of hydrogen-bond acceptors (Lipinski definition) is 4. The Morgan fingerprint density at radius 2 is 1.76 bits per heavy atom. The van der Waals surface area contributed by atoms with Gasteiger partial charge < -0.3 is 5.32 Å². The van der Waals surface area contributed by atoms with Gasteiger partial charge in [0, 0.05) is 24.2 Å². The minimum atomic E-state index is -3.71. The summed E-state index contributed by atoms with van der Waals surface area (Å²) in [7, 11) is -3.71. The molecule has 0 unspecified atom stereocenters. The lowest BCUT2D eigenvalue weighted by Crippen LogP contribution is -2.24. The number of anilines is 1. The first-order valence-corrected chi connectivity index (χ1v) is 9.30. The molecule has 25 heavy (non-hydrogen) atoms. The monoisotopic (exact) mass is 397 g/mol. The molecular formula is C16H13Cl2N3O3S. The topological polar surface area (TPSA) is 99.1 Å². The first kappa shape index (κ1) is 19.2. The molecule has 2 aromatic carbocycles. The molecule has 0 aromatic heterocycles. The lowest BCUT2D eigenvalue weighted by Gasteiger charge is -2.08. The van der Waals surface area contributed by atoms with E-state index in [0.717, 1.165) is 0 Å². The summed E-state index contributed by atoms with van der Waals surface area (Å²) in [6.07, 6.45) is 0.0728. The SMILES string of the molecule is N#CCCNS(=O)(=O)c1ccc(C(=O)Nc2ccc(Cl)c(Cl)c2)cc1. The zero-order valence-electron chi connectivity index (χ0n) is 12.8. The smallest absolute Gasteiger partial charge is 0.255 e. The Hall–Kier alpha value is -2.11. The van der Waals surface area contributed by atoms with Crippen molar-refractivity contribution < 1.29 is 13.2 Å². The second-order valence-corrected chi connectivity index (χ2v) is 7.49. The predicted octanol–water partition coefficient (Wildman–Crippen LogP) is 3.44. The van der Waals surface area contributed by atoms with Crippen molar-refractivity contribution in [3.63, 3.8) is 0 Å². The molecule has 0 spiro atoms. The van der Waals surface area contributed by atoms with E-state index in [-0.39, 0.29) is 23.4 Å². The van der Waals surface area contributed by atoms with Crippen LogP contribution in [-0.4, -0.2) is 20.9 Å². The standard InChI is InChI=1S/C16H13Cl2N3O3S/c17-14-7-4-12(10-15(14)18)21-16(22)11-2-5-13(6-3-11)25(23,24)20-9-1-8-19/h2-7,10,20H,1,9H2,(H,21,22). The van der Waals surface area contributed by atoms with E-state index in [4.69, 9.17) is 28.5 Å². The van der Waals surface area contributed by atoms with E-state index >= 15 is 0 Å². The molecule has 0 saturated heterocycles. The lowest BCUT2D eigenvalue weighted by atomic mass is 10.2. The summed E-state index contributed by atoms with van der Waals surface area (Å²) >= 11 is 11.7.